The average Bonchev–Trinajstić information content (AvgIpc) is 2.85. The molecule has 35 heavy (non-hydrogen) atoms. The average molecular weight is 466 g/mol. The number of aryl methyl sites for hydroxylation is 2. The van der Waals surface area contributed by atoms with Crippen LogP contribution in [0.1, 0.15) is 22.3 Å². The molecule has 0 bridgehead atoms. The van der Waals surface area contributed by atoms with E-state index in [0.717, 1.165) is 23.1 Å². The summed E-state index contributed by atoms with van der Waals surface area (Å²) in [6, 6.07) is 24.6. The lowest BCUT2D eigenvalue weighted by Gasteiger charge is -2.24. The van der Waals surface area contributed by atoms with E-state index in [9.17, 15) is 9.59 Å². The van der Waals surface area contributed by atoms with Crippen LogP contribution in [0.15, 0.2) is 82.4 Å². The van der Waals surface area contributed by atoms with Crippen molar-refractivity contribution in [2.24, 2.45) is 0 Å². The zero-order valence-electron chi connectivity index (χ0n) is 19.8. The number of rotatable bonds is 7. The van der Waals surface area contributed by atoms with Gasteiger partial charge in [0.1, 0.15) is 0 Å². The van der Waals surface area contributed by atoms with Gasteiger partial charge in [-0.2, -0.15) is 4.98 Å². The number of aromatic amines is 1. The molecule has 1 unspecified atom stereocenters. The normalized spacial score (nSPS) is 12.3. The van der Waals surface area contributed by atoms with Crippen molar-refractivity contribution < 1.29 is 0 Å². The molecule has 0 aromatic heterocycles. The molecule has 2 heterocycles. The van der Waals surface area contributed by atoms with Crippen molar-refractivity contribution >= 4 is 11.0 Å². The highest BCUT2D eigenvalue weighted by molar-refractivity contribution is 5.81. The monoisotopic (exact) mass is 465 g/mol. The summed E-state index contributed by atoms with van der Waals surface area (Å²) < 4.78 is 1.96. The standard InChI is InChI=1S/C28H27N5O2/c1-18-13-23-24(14-19(18)2)33(26-25(30-23)27(34)32-28(35)31-26)17-22(15-20-9-5-3-6-10-20)29-16-21-11-7-4-8-12-21/h3-14,22,29H,15-17H2,1-2H3,(H,32,34,35). The van der Waals surface area contributed by atoms with E-state index in [0.29, 0.717) is 24.4 Å². The summed E-state index contributed by atoms with van der Waals surface area (Å²) in [5.41, 5.74) is 5.10. The fourth-order valence-corrected chi connectivity index (χ4v) is 4.41. The summed E-state index contributed by atoms with van der Waals surface area (Å²) in [7, 11) is 0. The maximum atomic E-state index is 12.6. The summed E-state index contributed by atoms with van der Waals surface area (Å²) in [5.74, 6) is 0.300. The SMILES string of the molecule is Cc1cc2nc3c(=O)[nH]c(=O)nc-3n(CC(Cc3ccccc3)NCc3ccccc3)c2cc1C. The molecule has 176 valence electrons. The Balaban J connectivity index is 1.62. The number of benzene rings is 3. The number of fused-ring (bicyclic) bond motifs is 2. The number of nitrogens with one attached hydrogen (secondary N) is 2. The van der Waals surface area contributed by atoms with Crippen molar-refractivity contribution in [2.45, 2.75) is 39.4 Å². The molecule has 3 aromatic rings. The van der Waals surface area contributed by atoms with E-state index in [1.165, 1.54) is 11.1 Å². The third-order valence-electron chi connectivity index (χ3n) is 6.39. The number of hydrogen-bond donors (Lipinski definition) is 2. The maximum Gasteiger partial charge on any atom is 0.349 e. The molecule has 7 heteroatoms. The molecule has 2 aliphatic rings. The van der Waals surface area contributed by atoms with Gasteiger partial charge < -0.3 is 9.88 Å². The molecule has 7 nitrogen and oxygen atoms in total. The molecule has 0 aliphatic carbocycles. The third-order valence-corrected chi connectivity index (χ3v) is 6.39. The van der Waals surface area contributed by atoms with Crippen molar-refractivity contribution in [1.82, 2.24) is 24.8 Å². The minimum absolute atomic E-state index is 0.00852. The lowest BCUT2D eigenvalue weighted by atomic mass is 10.0. The van der Waals surface area contributed by atoms with Crippen LogP contribution >= 0.6 is 0 Å². The second kappa shape index (κ2) is 9.64. The summed E-state index contributed by atoms with van der Waals surface area (Å²) >= 11 is 0. The van der Waals surface area contributed by atoms with Crippen molar-refractivity contribution in [1.29, 1.82) is 0 Å². The third kappa shape index (κ3) is 4.90. The maximum absolute atomic E-state index is 12.6. The van der Waals surface area contributed by atoms with Crippen LogP contribution in [0.2, 0.25) is 0 Å². The highest BCUT2D eigenvalue weighted by Crippen LogP contribution is 2.24. The summed E-state index contributed by atoms with van der Waals surface area (Å²) in [6.07, 6.45) is 0.768. The first-order valence-electron chi connectivity index (χ1n) is 11.7. The molecule has 3 aromatic carbocycles. The number of aromatic nitrogens is 4. The fourth-order valence-electron chi connectivity index (χ4n) is 4.41. The molecule has 0 spiro atoms. The quantitative estimate of drug-likeness (QED) is 0.358. The lowest BCUT2D eigenvalue weighted by molar-refractivity contribution is 0.448. The predicted molar refractivity (Wildman–Crippen MR) is 138 cm³/mol. The van der Waals surface area contributed by atoms with Crippen molar-refractivity contribution in [3.63, 3.8) is 0 Å². The Bertz CT molecular complexity index is 1560. The van der Waals surface area contributed by atoms with Crippen LogP contribution in [0.3, 0.4) is 0 Å². The van der Waals surface area contributed by atoms with E-state index >= 15 is 0 Å². The van der Waals surface area contributed by atoms with Gasteiger partial charge in [0.25, 0.3) is 5.56 Å². The smallest absolute Gasteiger partial charge is 0.321 e. The van der Waals surface area contributed by atoms with Crippen LogP contribution in [0.4, 0.5) is 0 Å². The van der Waals surface area contributed by atoms with E-state index in [-0.39, 0.29) is 11.7 Å². The Labute approximate surface area is 202 Å². The highest BCUT2D eigenvalue weighted by atomic mass is 16.2. The first-order valence-corrected chi connectivity index (χ1v) is 11.7. The number of H-pyrrole nitrogens is 1. The largest absolute Gasteiger partial charge is 0.349 e. The van der Waals surface area contributed by atoms with Crippen LogP contribution in [0, 0.1) is 13.8 Å². The van der Waals surface area contributed by atoms with Gasteiger partial charge in [0, 0.05) is 19.1 Å². The zero-order valence-corrected chi connectivity index (χ0v) is 19.8. The van der Waals surface area contributed by atoms with Crippen LogP contribution in [0.5, 0.6) is 0 Å². The number of hydrogen-bond acceptors (Lipinski definition) is 5. The summed E-state index contributed by atoms with van der Waals surface area (Å²) in [6.45, 7) is 5.27. The van der Waals surface area contributed by atoms with Gasteiger partial charge in [-0.1, -0.05) is 60.7 Å². The Morgan fingerprint density at radius 1 is 0.886 bits per heavy atom. The lowest BCUT2D eigenvalue weighted by Crippen LogP contribution is -2.37. The molecule has 0 saturated carbocycles. The van der Waals surface area contributed by atoms with Gasteiger partial charge in [-0.25, -0.2) is 9.78 Å². The minimum atomic E-state index is -0.668. The first kappa shape index (κ1) is 22.7. The van der Waals surface area contributed by atoms with Crippen LogP contribution in [0.25, 0.3) is 22.6 Å². The molecule has 0 fully saturated rings. The molecular formula is C28H27N5O2. The molecule has 5 rings (SSSR count). The predicted octanol–water partition coefficient (Wildman–Crippen LogP) is 3.60. The Morgan fingerprint density at radius 2 is 1.54 bits per heavy atom. The molecular weight excluding hydrogens is 438 g/mol. The van der Waals surface area contributed by atoms with Crippen LogP contribution in [-0.4, -0.2) is 25.6 Å². The Morgan fingerprint density at radius 3 is 2.26 bits per heavy atom. The second-order valence-corrected chi connectivity index (χ2v) is 8.94. The summed E-state index contributed by atoms with van der Waals surface area (Å²) in [5, 5.41) is 3.68. The van der Waals surface area contributed by atoms with Crippen LogP contribution in [-0.2, 0) is 19.5 Å². The zero-order chi connectivity index (χ0) is 24.4. The van der Waals surface area contributed by atoms with Gasteiger partial charge in [-0.3, -0.25) is 9.78 Å². The summed E-state index contributed by atoms with van der Waals surface area (Å²) in [4.78, 5) is 35.8. The van der Waals surface area contributed by atoms with Crippen molar-refractivity contribution in [3.8, 4) is 11.5 Å². The van der Waals surface area contributed by atoms with Crippen molar-refractivity contribution in [2.75, 3.05) is 0 Å². The molecule has 2 aliphatic heterocycles. The minimum Gasteiger partial charge on any atom is -0.321 e. The van der Waals surface area contributed by atoms with Gasteiger partial charge in [0.2, 0.25) is 0 Å². The second-order valence-electron chi connectivity index (χ2n) is 8.94. The number of nitrogens with zero attached hydrogens (tertiary/aromatic N) is 3. The fraction of sp³-hybridized carbons (Fsp3) is 0.214. The van der Waals surface area contributed by atoms with Gasteiger partial charge in [-0.05, 0) is 54.7 Å². The van der Waals surface area contributed by atoms with E-state index in [1.807, 2.05) is 60.9 Å². The van der Waals surface area contributed by atoms with Gasteiger partial charge in [0.15, 0.2) is 11.5 Å². The van der Waals surface area contributed by atoms with E-state index in [4.69, 9.17) is 0 Å². The van der Waals surface area contributed by atoms with E-state index in [1.54, 1.807) is 0 Å². The van der Waals surface area contributed by atoms with Crippen LogP contribution < -0.4 is 16.6 Å². The van der Waals surface area contributed by atoms with E-state index < -0.39 is 11.2 Å². The molecule has 2 N–H and O–H groups in total. The Hall–Kier alpha value is -4.10. The first-order chi connectivity index (χ1) is 17.0. The van der Waals surface area contributed by atoms with Crippen molar-refractivity contribution in [3.05, 3.63) is 116 Å². The van der Waals surface area contributed by atoms with Gasteiger partial charge >= 0.3 is 5.69 Å². The van der Waals surface area contributed by atoms with Gasteiger partial charge in [-0.15, -0.1) is 0 Å². The molecule has 1 atom stereocenters. The van der Waals surface area contributed by atoms with E-state index in [2.05, 4.69) is 50.6 Å². The molecule has 0 radical (unpaired) electrons. The topological polar surface area (TPSA) is 92.7 Å². The molecule has 0 amide bonds. The molecule has 0 saturated heterocycles. The highest BCUT2D eigenvalue weighted by Gasteiger charge is 2.22. The Kier molecular flexibility index (Phi) is 6.25. The van der Waals surface area contributed by atoms with Gasteiger partial charge in [0.05, 0.1) is 11.0 Å².